The van der Waals surface area contributed by atoms with Crippen molar-refractivity contribution in [3.63, 3.8) is 0 Å². The number of rotatable bonds is 8. The maximum absolute atomic E-state index is 13.6. The van der Waals surface area contributed by atoms with Gasteiger partial charge in [-0.1, -0.05) is 6.07 Å². The van der Waals surface area contributed by atoms with E-state index in [2.05, 4.69) is 0 Å². The summed E-state index contributed by atoms with van der Waals surface area (Å²) in [7, 11) is -7.39. The van der Waals surface area contributed by atoms with Gasteiger partial charge in [0.25, 0.3) is 10.0 Å². The maximum atomic E-state index is 13.6. The van der Waals surface area contributed by atoms with Crippen LogP contribution in [0.5, 0.6) is 5.75 Å². The van der Waals surface area contributed by atoms with Gasteiger partial charge < -0.3 is 9.47 Å². The van der Waals surface area contributed by atoms with E-state index in [4.69, 9.17) is 9.47 Å². The normalized spacial score (nSPS) is 18.3. The Morgan fingerprint density at radius 2 is 1.75 bits per heavy atom. The molecule has 2 aromatic rings. The van der Waals surface area contributed by atoms with Crippen molar-refractivity contribution >= 4 is 31.5 Å². The molecule has 36 heavy (non-hydrogen) atoms. The predicted octanol–water partition coefficient (Wildman–Crippen LogP) is 3.63. The summed E-state index contributed by atoms with van der Waals surface area (Å²) in [6.45, 7) is 5.15. The highest BCUT2D eigenvalue weighted by Gasteiger charge is 2.38. The Hall–Kier alpha value is -2.66. The predicted molar refractivity (Wildman–Crippen MR) is 133 cm³/mol. The Morgan fingerprint density at radius 3 is 2.36 bits per heavy atom. The van der Waals surface area contributed by atoms with E-state index in [9.17, 15) is 26.0 Å². The van der Waals surface area contributed by atoms with Crippen molar-refractivity contribution in [2.75, 3.05) is 16.6 Å². The fourth-order valence-corrected chi connectivity index (χ4v) is 7.29. The Labute approximate surface area is 211 Å². The molecule has 11 heteroatoms. The number of carbonyl (C=O) groups is 1. The van der Waals surface area contributed by atoms with E-state index in [0.717, 1.165) is 16.4 Å². The minimum absolute atomic E-state index is 0.0714. The fourth-order valence-electron chi connectivity index (χ4n) is 4.01. The van der Waals surface area contributed by atoms with E-state index < -0.39 is 43.4 Å². The van der Waals surface area contributed by atoms with E-state index in [1.807, 2.05) is 0 Å². The average molecular weight is 540 g/mol. The minimum Gasteiger partial charge on any atom is -0.486 e. The zero-order valence-electron chi connectivity index (χ0n) is 20.4. The van der Waals surface area contributed by atoms with Crippen LogP contribution in [-0.4, -0.2) is 52.1 Å². The van der Waals surface area contributed by atoms with Gasteiger partial charge in [-0.2, -0.15) is 0 Å². The molecule has 1 fully saturated rings. The van der Waals surface area contributed by atoms with Crippen molar-refractivity contribution < 1.29 is 35.5 Å². The molecular formula is C25H30FNO7S2. The third-order valence-corrected chi connectivity index (χ3v) is 9.97. The maximum Gasteiger partial charge on any atom is 0.310 e. The monoisotopic (exact) mass is 539 g/mol. The zero-order valence-corrected chi connectivity index (χ0v) is 22.1. The summed E-state index contributed by atoms with van der Waals surface area (Å²) in [6.07, 6.45) is 0.674. The van der Waals surface area contributed by atoms with Crippen LogP contribution in [0.4, 0.5) is 10.1 Å². The van der Waals surface area contributed by atoms with Crippen LogP contribution in [0.1, 0.15) is 45.6 Å². The lowest BCUT2D eigenvalue weighted by atomic mass is 10.1. The zero-order chi connectivity index (χ0) is 26.3. The van der Waals surface area contributed by atoms with Gasteiger partial charge in [0.2, 0.25) is 0 Å². The summed E-state index contributed by atoms with van der Waals surface area (Å²) in [6, 6.07) is 9.25. The number of ether oxygens (including phenoxy) is 2. The van der Waals surface area contributed by atoms with Gasteiger partial charge in [-0.25, -0.2) is 21.2 Å². The second kappa shape index (κ2) is 9.66. The molecule has 0 unspecified atom stereocenters. The summed E-state index contributed by atoms with van der Waals surface area (Å²) < 4.78 is 77.9. The van der Waals surface area contributed by atoms with Crippen LogP contribution in [0, 0.1) is 5.82 Å². The highest BCUT2D eigenvalue weighted by molar-refractivity contribution is 7.93. The van der Waals surface area contributed by atoms with Gasteiger partial charge in [-0.3, -0.25) is 9.10 Å². The topological polar surface area (TPSA) is 107 Å². The number of fused-ring (bicyclic) bond motifs is 1. The summed E-state index contributed by atoms with van der Waals surface area (Å²) in [4.78, 5) is 12.2. The van der Waals surface area contributed by atoms with Crippen LogP contribution >= 0.6 is 0 Å². The van der Waals surface area contributed by atoms with Gasteiger partial charge in [-0.15, -0.1) is 0 Å². The molecule has 4 rings (SSSR count). The molecule has 8 nitrogen and oxygen atoms in total. The van der Waals surface area contributed by atoms with Crippen LogP contribution in [0.25, 0.3) is 0 Å². The van der Waals surface area contributed by atoms with E-state index >= 15 is 0 Å². The number of benzene rings is 2. The number of sulfonamides is 1. The quantitative estimate of drug-likeness (QED) is 0.472. The molecule has 1 atom stereocenters. The fraction of sp³-hybridized carbons (Fsp3) is 0.480. The first kappa shape index (κ1) is 26.4. The van der Waals surface area contributed by atoms with Crippen molar-refractivity contribution in [2.24, 2.45) is 0 Å². The highest BCUT2D eigenvalue weighted by Crippen LogP contribution is 2.39. The lowest BCUT2D eigenvalue weighted by Crippen LogP contribution is -2.44. The number of anilines is 1. The first-order valence-corrected chi connectivity index (χ1v) is 14.9. The van der Waals surface area contributed by atoms with Gasteiger partial charge in [0.1, 0.15) is 23.3 Å². The number of sulfone groups is 1. The van der Waals surface area contributed by atoms with Gasteiger partial charge in [0.15, 0.2) is 9.84 Å². The van der Waals surface area contributed by atoms with Crippen molar-refractivity contribution in [1.82, 2.24) is 0 Å². The average Bonchev–Trinajstić information content (AvgIpc) is 3.62. The summed E-state index contributed by atoms with van der Waals surface area (Å²) in [5.41, 5.74) is 0.0859. The molecule has 0 N–H and O–H groups in total. The smallest absolute Gasteiger partial charge is 0.310 e. The molecule has 0 aromatic heterocycles. The molecule has 1 heterocycles. The molecule has 0 spiro atoms. The number of hydrogen-bond donors (Lipinski definition) is 0. The Balaban J connectivity index is 1.65. The molecule has 0 amide bonds. The molecule has 0 radical (unpaired) electrons. The van der Waals surface area contributed by atoms with Crippen LogP contribution in [-0.2, 0) is 35.8 Å². The van der Waals surface area contributed by atoms with Crippen LogP contribution in [0.2, 0.25) is 0 Å². The van der Waals surface area contributed by atoms with Crippen LogP contribution in [0.3, 0.4) is 0 Å². The number of halogens is 1. The van der Waals surface area contributed by atoms with Crippen molar-refractivity contribution in [3.05, 3.63) is 53.8 Å². The van der Waals surface area contributed by atoms with E-state index in [1.165, 1.54) is 12.1 Å². The van der Waals surface area contributed by atoms with E-state index in [1.54, 1.807) is 39.0 Å². The van der Waals surface area contributed by atoms with Crippen LogP contribution in [0.15, 0.2) is 47.4 Å². The highest BCUT2D eigenvalue weighted by atomic mass is 32.2. The number of nitrogens with zero attached hydrogens (tertiary/aromatic N) is 1. The van der Waals surface area contributed by atoms with Crippen molar-refractivity contribution in [2.45, 2.75) is 68.3 Å². The first-order chi connectivity index (χ1) is 16.7. The van der Waals surface area contributed by atoms with Crippen LogP contribution < -0.4 is 9.04 Å². The minimum atomic E-state index is -4.14. The van der Waals surface area contributed by atoms with Crippen molar-refractivity contribution in [3.8, 4) is 5.75 Å². The third-order valence-electron chi connectivity index (χ3n) is 5.88. The van der Waals surface area contributed by atoms with E-state index in [0.29, 0.717) is 18.4 Å². The Kier molecular flexibility index (Phi) is 7.09. The lowest BCUT2D eigenvalue weighted by molar-refractivity contribution is -0.153. The van der Waals surface area contributed by atoms with Crippen molar-refractivity contribution in [1.29, 1.82) is 0 Å². The number of hydrogen-bond acceptors (Lipinski definition) is 7. The molecule has 0 bridgehead atoms. The SMILES string of the molecule is CC(C)(C)OC(=O)Cc1ccc2c(c1)N(S(=O)(=O)c1ccc(F)cc1)C[C@H](CCS(=O)(=O)C1CC1)O2. The molecule has 1 aliphatic heterocycles. The first-order valence-electron chi connectivity index (χ1n) is 11.8. The molecule has 196 valence electrons. The van der Waals surface area contributed by atoms with Gasteiger partial charge in [-0.05, 0) is 82.0 Å². The molecule has 0 saturated heterocycles. The molecule has 2 aromatic carbocycles. The van der Waals surface area contributed by atoms with E-state index in [-0.39, 0.29) is 46.7 Å². The van der Waals surface area contributed by atoms with Gasteiger partial charge >= 0.3 is 5.97 Å². The second-order valence-corrected chi connectivity index (χ2v) is 14.4. The van der Waals surface area contributed by atoms with Gasteiger partial charge in [0.05, 0.1) is 34.6 Å². The number of esters is 1. The molecule has 2 aliphatic rings. The third kappa shape index (κ3) is 6.18. The molecular weight excluding hydrogens is 509 g/mol. The second-order valence-electron chi connectivity index (χ2n) is 10.2. The lowest BCUT2D eigenvalue weighted by Gasteiger charge is -2.36. The summed E-state index contributed by atoms with van der Waals surface area (Å²) in [5, 5.41) is -0.317. The standard InChI is InChI=1S/C25H30FNO7S2/c1-25(2,3)34-24(28)15-17-4-11-23-22(14-17)27(36(31,32)21-7-5-18(26)6-8-21)16-19(33-23)12-13-35(29,30)20-9-10-20/h4-8,11,14,19-20H,9-10,12-13,15-16H2,1-3H3/t19-/m0/s1. The molecule has 1 aliphatic carbocycles. The Bertz CT molecular complexity index is 1350. The number of carbonyl (C=O) groups excluding carboxylic acids is 1. The summed E-state index contributed by atoms with van der Waals surface area (Å²) >= 11 is 0. The largest absolute Gasteiger partial charge is 0.486 e. The van der Waals surface area contributed by atoms with Gasteiger partial charge in [0, 0.05) is 0 Å². The molecule has 1 saturated carbocycles. The Morgan fingerprint density at radius 1 is 1.08 bits per heavy atom. The summed E-state index contributed by atoms with van der Waals surface area (Å²) in [5.74, 6) is -0.873.